The Bertz CT molecular complexity index is 521. The molecule has 0 aliphatic carbocycles. The molecule has 82 valence electrons. The first-order chi connectivity index (χ1) is 7.65. The Morgan fingerprint density at radius 2 is 2.12 bits per heavy atom. The van der Waals surface area contributed by atoms with E-state index in [1.165, 1.54) is 24.5 Å². The van der Waals surface area contributed by atoms with Crippen LogP contribution in [-0.4, -0.2) is 9.97 Å². The average Bonchev–Trinajstić information content (AvgIpc) is 2.24. The fourth-order valence-electron chi connectivity index (χ4n) is 1.13. The molecule has 16 heavy (non-hydrogen) atoms. The number of benzene rings is 1. The highest BCUT2D eigenvalue weighted by molar-refractivity contribution is 9.10. The Kier molecular flexibility index (Phi) is 3.36. The van der Waals surface area contributed by atoms with Crippen LogP contribution in [0.1, 0.15) is 0 Å². The average molecular weight is 303 g/mol. The first-order valence-corrected chi connectivity index (χ1v) is 5.52. The smallest absolute Gasteiger partial charge is 0.150 e. The highest BCUT2D eigenvalue weighted by atomic mass is 79.9. The monoisotopic (exact) mass is 301 g/mol. The lowest BCUT2D eigenvalue weighted by atomic mass is 10.3. The van der Waals surface area contributed by atoms with Crippen molar-refractivity contribution in [3.05, 3.63) is 46.0 Å². The van der Waals surface area contributed by atoms with E-state index in [1.807, 2.05) is 0 Å². The summed E-state index contributed by atoms with van der Waals surface area (Å²) in [5, 5.41) is 3.18. The Morgan fingerprint density at radius 1 is 1.31 bits per heavy atom. The Hall–Kier alpha value is -1.20. The molecule has 2 rings (SSSR count). The van der Waals surface area contributed by atoms with Crippen molar-refractivity contribution in [1.82, 2.24) is 9.97 Å². The van der Waals surface area contributed by atoms with Crippen molar-refractivity contribution >= 4 is 39.0 Å². The number of rotatable bonds is 2. The van der Waals surface area contributed by atoms with Crippen LogP contribution in [0.3, 0.4) is 0 Å². The molecule has 2 aromatic rings. The van der Waals surface area contributed by atoms with Gasteiger partial charge in [0.15, 0.2) is 5.82 Å². The van der Waals surface area contributed by atoms with E-state index in [9.17, 15) is 4.39 Å². The molecule has 6 heteroatoms. The van der Waals surface area contributed by atoms with Crippen molar-refractivity contribution in [3.8, 4) is 0 Å². The third-order valence-electron chi connectivity index (χ3n) is 1.80. The van der Waals surface area contributed by atoms with Gasteiger partial charge in [-0.1, -0.05) is 11.6 Å². The van der Waals surface area contributed by atoms with Crippen molar-refractivity contribution in [2.24, 2.45) is 0 Å². The maximum Gasteiger partial charge on any atom is 0.150 e. The van der Waals surface area contributed by atoms with Crippen LogP contribution in [0.15, 0.2) is 35.1 Å². The molecule has 0 spiro atoms. The van der Waals surface area contributed by atoms with Gasteiger partial charge in [-0.2, -0.15) is 0 Å². The number of halogens is 3. The largest absolute Gasteiger partial charge is 0.338 e. The standard InChI is InChI=1S/C10H6BrClFN3/c11-7-2-1-6(13)3-8(7)15-10-5-14-4-9(12)16-10/h1-5H,(H,15,16). The maximum absolute atomic E-state index is 13.0. The zero-order valence-electron chi connectivity index (χ0n) is 7.92. The second-order valence-electron chi connectivity index (χ2n) is 2.98. The van der Waals surface area contributed by atoms with E-state index in [2.05, 4.69) is 31.2 Å². The summed E-state index contributed by atoms with van der Waals surface area (Å²) in [6.45, 7) is 0. The molecule has 1 N–H and O–H groups in total. The first kappa shape index (κ1) is 11.3. The molecule has 0 saturated heterocycles. The molecule has 1 aromatic carbocycles. The molecule has 0 amide bonds. The van der Waals surface area contributed by atoms with Crippen LogP contribution in [0.4, 0.5) is 15.9 Å². The number of nitrogens with one attached hydrogen (secondary N) is 1. The Labute approximate surface area is 105 Å². The number of anilines is 2. The van der Waals surface area contributed by atoms with Crippen LogP contribution in [0, 0.1) is 5.82 Å². The Balaban J connectivity index is 2.30. The van der Waals surface area contributed by atoms with Gasteiger partial charge in [0.2, 0.25) is 0 Å². The van der Waals surface area contributed by atoms with Crippen LogP contribution in [-0.2, 0) is 0 Å². The fraction of sp³-hybridized carbons (Fsp3) is 0. The molecular formula is C10H6BrClFN3. The molecule has 0 aliphatic rings. The third kappa shape index (κ3) is 2.68. The number of hydrogen-bond acceptors (Lipinski definition) is 3. The summed E-state index contributed by atoms with van der Waals surface area (Å²) < 4.78 is 13.7. The summed E-state index contributed by atoms with van der Waals surface area (Å²) in [5.41, 5.74) is 0.566. The van der Waals surface area contributed by atoms with Crippen molar-refractivity contribution in [1.29, 1.82) is 0 Å². The highest BCUT2D eigenvalue weighted by Crippen LogP contribution is 2.25. The lowest BCUT2D eigenvalue weighted by Gasteiger charge is -2.07. The van der Waals surface area contributed by atoms with Gasteiger partial charge in [0.05, 0.1) is 18.1 Å². The van der Waals surface area contributed by atoms with Crippen molar-refractivity contribution in [2.75, 3.05) is 5.32 Å². The van der Waals surface area contributed by atoms with Gasteiger partial charge in [-0.25, -0.2) is 9.37 Å². The molecule has 0 radical (unpaired) electrons. The van der Waals surface area contributed by atoms with E-state index >= 15 is 0 Å². The SMILES string of the molecule is Fc1ccc(Br)c(Nc2cncc(Cl)n2)c1. The minimum atomic E-state index is -0.333. The maximum atomic E-state index is 13.0. The lowest BCUT2D eigenvalue weighted by molar-refractivity contribution is 0.628. The van der Waals surface area contributed by atoms with Gasteiger partial charge in [-0.15, -0.1) is 0 Å². The molecular weight excluding hydrogens is 296 g/mol. The number of aromatic nitrogens is 2. The van der Waals surface area contributed by atoms with Crippen molar-refractivity contribution in [3.63, 3.8) is 0 Å². The van der Waals surface area contributed by atoms with E-state index in [4.69, 9.17) is 11.6 Å². The van der Waals surface area contributed by atoms with Crippen molar-refractivity contribution < 1.29 is 4.39 Å². The molecule has 3 nitrogen and oxygen atoms in total. The number of hydrogen-bond donors (Lipinski definition) is 1. The molecule has 0 unspecified atom stereocenters. The summed E-state index contributed by atoms with van der Waals surface area (Å²) in [6, 6.07) is 4.32. The van der Waals surface area contributed by atoms with Crippen LogP contribution < -0.4 is 5.32 Å². The normalized spacial score (nSPS) is 10.2. The fourth-order valence-corrected chi connectivity index (χ4v) is 1.63. The van der Waals surface area contributed by atoms with Gasteiger partial charge < -0.3 is 5.32 Å². The topological polar surface area (TPSA) is 37.8 Å². The molecule has 0 aliphatic heterocycles. The molecule has 0 saturated carbocycles. The van der Waals surface area contributed by atoms with Gasteiger partial charge >= 0.3 is 0 Å². The minimum absolute atomic E-state index is 0.275. The zero-order chi connectivity index (χ0) is 11.5. The summed E-state index contributed by atoms with van der Waals surface area (Å²) in [5.74, 6) is 0.125. The van der Waals surface area contributed by atoms with Crippen LogP contribution in [0.2, 0.25) is 5.15 Å². The van der Waals surface area contributed by atoms with E-state index in [0.717, 1.165) is 4.47 Å². The van der Waals surface area contributed by atoms with Gasteiger partial charge in [-0.3, -0.25) is 4.98 Å². The van der Waals surface area contributed by atoms with Gasteiger partial charge in [-0.05, 0) is 34.1 Å². The quantitative estimate of drug-likeness (QED) is 0.917. The molecule has 0 fully saturated rings. The predicted octanol–water partition coefficient (Wildman–Crippen LogP) is 3.78. The van der Waals surface area contributed by atoms with Crippen molar-refractivity contribution in [2.45, 2.75) is 0 Å². The molecule has 1 heterocycles. The third-order valence-corrected chi connectivity index (χ3v) is 2.67. The second kappa shape index (κ2) is 4.76. The zero-order valence-corrected chi connectivity index (χ0v) is 10.3. The summed E-state index contributed by atoms with van der Waals surface area (Å²) in [7, 11) is 0. The van der Waals surface area contributed by atoms with E-state index < -0.39 is 0 Å². The molecule has 0 atom stereocenters. The van der Waals surface area contributed by atoms with Gasteiger partial charge in [0.25, 0.3) is 0 Å². The van der Waals surface area contributed by atoms with Gasteiger partial charge in [0, 0.05) is 4.47 Å². The first-order valence-electron chi connectivity index (χ1n) is 4.35. The Morgan fingerprint density at radius 3 is 2.88 bits per heavy atom. The highest BCUT2D eigenvalue weighted by Gasteiger charge is 2.03. The molecule has 0 bridgehead atoms. The van der Waals surface area contributed by atoms with Crippen LogP contribution in [0.5, 0.6) is 0 Å². The minimum Gasteiger partial charge on any atom is -0.338 e. The molecule has 1 aromatic heterocycles. The van der Waals surface area contributed by atoms with Crippen LogP contribution in [0.25, 0.3) is 0 Å². The number of nitrogens with zero attached hydrogens (tertiary/aromatic N) is 2. The van der Waals surface area contributed by atoms with Crippen LogP contribution >= 0.6 is 27.5 Å². The lowest BCUT2D eigenvalue weighted by Crippen LogP contribution is -1.96. The summed E-state index contributed by atoms with van der Waals surface area (Å²) in [4.78, 5) is 7.85. The predicted molar refractivity (Wildman–Crippen MR) is 64.4 cm³/mol. The van der Waals surface area contributed by atoms with E-state index in [-0.39, 0.29) is 11.0 Å². The van der Waals surface area contributed by atoms with E-state index in [0.29, 0.717) is 11.5 Å². The van der Waals surface area contributed by atoms with Gasteiger partial charge in [0.1, 0.15) is 11.0 Å². The summed E-state index contributed by atoms with van der Waals surface area (Å²) in [6.07, 6.45) is 2.93. The van der Waals surface area contributed by atoms with E-state index in [1.54, 1.807) is 6.07 Å². The second-order valence-corrected chi connectivity index (χ2v) is 4.22. The summed E-state index contributed by atoms with van der Waals surface area (Å²) >= 11 is 8.98.